The largest absolute Gasteiger partial charge is 0.452 e. The lowest BCUT2D eigenvalue weighted by atomic mass is 10.1. The van der Waals surface area contributed by atoms with E-state index in [2.05, 4.69) is 4.90 Å². The van der Waals surface area contributed by atoms with Crippen molar-refractivity contribution in [1.82, 2.24) is 9.21 Å². The minimum atomic E-state index is -3.74. The lowest BCUT2D eigenvalue weighted by Gasteiger charge is -2.26. The van der Waals surface area contributed by atoms with E-state index < -0.39 is 16.0 Å². The molecule has 192 valence electrons. The van der Waals surface area contributed by atoms with Gasteiger partial charge in [0.05, 0.1) is 16.1 Å². The molecule has 0 atom stereocenters. The monoisotopic (exact) mass is 495 g/mol. The van der Waals surface area contributed by atoms with Gasteiger partial charge in [0.25, 0.3) is 5.91 Å². The van der Waals surface area contributed by atoms with E-state index in [-0.39, 0.29) is 23.0 Å². The normalized spacial score (nSPS) is 14.3. The molecule has 1 aromatic rings. The summed E-state index contributed by atoms with van der Waals surface area (Å²) in [4.78, 5) is 29.8. The van der Waals surface area contributed by atoms with Crippen molar-refractivity contribution in [3.05, 3.63) is 23.8 Å². The van der Waals surface area contributed by atoms with Gasteiger partial charge in [-0.3, -0.25) is 4.79 Å². The van der Waals surface area contributed by atoms with Gasteiger partial charge in [-0.2, -0.15) is 4.31 Å². The summed E-state index contributed by atoms with van der Waals surface area (Å²) in [6, 6.07) is 4.63. The number of nitrogens with zero attached hydrogens (tertiary/aromatic N) is 3. The zero-order valence-corrected chi connectivity index (χ0v) is 22.4. The summed E-state index contributed by atoms with van der Waals surface area (Å²) < 4.78 is 32.9. The maximum Gasteiger partial charge on any atom is 0.340 e. The van der Waals surface area contributed by atoms with Crippen molar-refractivity contribution in [3.63, 3.8) is 0 Å². The molecule has 0 aliphatic carbocycles. The number of sulfonamides is 1. The van der Waals surface area contributed by atoms with Gasteiger partial charge in [0.2, 0.25) is 10.0 Å². The predicted octanol–water partition coefficient (Wildman–Crippen LogP) is 3.61. The van der Waals surface area contributed by atoms with Crippen LogP contribution in [0.3, 0.4) is 0 Å². The summed E-state index contributed by atoms with van der Waals surface area (Å²) >= 11 is 0. The molecule has 0 saturated carbocycles. The minimum absolute atomic E-state index is 0.0543. The summed E-state index contributed by atoms with van der Waals surface area (Å²) in [5.74, 6) is -0.337. The topological polar surface area (TPSA) is 87.2 Å². The van der Waals surface area contributed by atoms with E-state index in [9.17, 15) is 18.0 Å². The molecule has 0 bridgehead atoms. The number of amides is 1. The molecular formula is C25H41N3O5S. The zero-order valence-electron chi connectivity index (χ0n) is 21.5. The Kier molecular flexibility index (Phi) is 10.4. The van der Waals surface area contributed by atoms with Gasteiger partial charge in [-0.1, -0.05) is 41.5 Å². The smallest absolute Gasteiger partial charge is 0.340 e. The van der Waals surface area contributed by atoms with E-state index in [0.717, 1.165) is 25.9 Å². The lowest BCUT2D eigenvalue weighted by molar-refractivity contribution is -0.135. The van der Waals surface area contributed by atoms with Crippen LogP contribution >= 0.6 is 0 Å². The van der Waals surface area contributed by atoms with Crippen molar-refractivity contribution < 1.29 is 22.7 Å². The number of ether oxygens (including phenoxy) is 1. The maximum atomic E-state index is 13.2. The van der Waals surface area contributed by atoms with Crippen molar-refractivity contribution in [1.29, 1.82) is 0 Å². The second-order valence-corrected chi connectivity index (χ2v) is 11.6. The molecular weight excluding hydrogens is 454 g/mol. The summed E-state index contributed by atoms with van der Waals surface area (Å²) in [6.07, 6.45) is 2.01. The maximum absolute atomic E-state index is 13.2. The van der Waals surface area contributed by atoms with Crippen LogP contribution in [0.4, 0.5) is 5.69 Å². The van der Waals surface area contributed by atoms with Crippen molar-refractivity contribution in [2.45, 2.75) is 59.3 Å². The molecule has 0 aromatic heterocycles. The highest BCUT2D eigenvalue weighted by atomic mass is 32.2. The van der Waals surface area contributed by atoms with Crippen molar-refractivity contribution in [2.24, 2.45) is 11.8 Å². The highest BCUT2D eigenvalue weighted by molar-refractivity contribution is 7.89. The Labute approximate surface area is 205 Å². The number of esters is 1. The fourth-order valence-corrected chi connectivity index (χ4v) is 5.73. The quantitative estimate of drug-likeness (QED) is 0.412. The third-order valence-electron chi connectivity index (χ3n) is 5.83. The number of hydrogen-bond donors (Lipinski definition) is 0. The van der Waals surface area contributed by atoms with Gasteiger partial charge in [-0.05, 0) is 42.9 Å². The highest BCUT2D eigenvalue weighted by Gasteiger charge is 2.27. The first kappa shape index (κ1) is 28.1. The van der Waals surface area contributed by atoms with E-state index in [0.29, 0.717) is 43.7 Å². The fraction of sp³-hybridized carbons (Fsp3) is 0.680. The third-order valence-corrected chi connectivity index (χ3v) is 7.87. The van der Waals surface area contributed by atoms with Crippen LogP contribution in [-0.4, -0.2) is 75.4 Å². The van der Waals surface area contributed by atoms with Crippen molar-refractivity contribution >= 4 is 27.6 Å². The summed E-state index contributed by atoms with van der Waals surface area (Å²) in [5, 5.41) is 0. The summed E-state index contributed by atoms with van der Waals surface area (Å²) in [6.45, 7) is 14.8. The Bertz CT molecular complexity index is 926. The second kappa shape index (κ2) is 12.5. The fourth-order valence-electron chi connectivity index (χ4n) is 4.24. The van der Waals surface area contributed by atoms with E-state index in [1.54, 1.807) is 30.9 Å². The van der Waals surface area contributed by atoms with Gasteiger partial charge in [-0.15, -0.1) is 0 Å². The van der Waals surface area contributed by atoms with Crippen LogP contribution < -0.4 is 4.90 Å². The number of carbonyl (C=O) groups excluding carboxylic acids is 2. The van der Waals surface area contributed by atoms with Crippen molar-refractivity contribution in [2.75, 3.05) is 50.8 Å². The van der Waals surface area contributed by atoms with Crippen LogP contribution in [0.25, 0.3) is 0 Å². The third kappa shape index (κ3) is 7.18. The van der Waals surface area contributed by atoms with Crippen LogP contribution in [0.5, 0.6) is 0 Å². The van der Waals surface area contributed by atoms with E-state index in [1.807, 2.05) is 27.7 Å². The summed E-state index contributed by atoms with van der Waals surface area (Å²) in [5.41, 5.74) is 0.830. The van der Waals surface area contributed by atoms with Crippen LogP contribution in [0.2, 0.25) is 0 Å². The van der Waals surface area contributed by atoms with Gasteiger partial charge in [0, 0.05) is 39.3 Å². The van der Waals surface area contributed by atoms with Gasteiger partial charge < -0.3 is 14.5 Å². The number of carbonyl (C=O) groups is 2. The minimum Gasteiger partial charge on any atom is -0.452 e. The molecule has 1 aliphatic heterocycles. The molecule has 9 heteroatoms. The lowest BCUT2D eigenvalue weighted by Crippen LogP contribution is -2.39. The second-order valence-electron chi connectivity index (χ2n) is 9.62. The van der Waals surface area contributed by atoms with Gasteiger partial charge in [0.1, 0.15) is 0 Å². The van der Waals surface area contributed by atoms with Gasteiger partial charge >= 0.3 is 5.97 Å². The molecule has 0 spiro atoms. The molecule has 0 radical (unpaired) electrons. The summed E-state index contributed by atoms with van der Waals surface area (Å²) in [7, 11) is -3.74. The standard InChI is InChI=1S/C25H41N3O5S/c1-7-28(8-2)34(31,32)21-11-12-23(26-13-9-10-14-26)22(15-21)25(30)33-18-24(29)27(16-19(3)4)17-20(5)6/h11-12,15,19-20H,7-10,13-14,16-18H2,1-6H3. The number of hydrogen-bond acceptors (Lipinski definition) is 6. The SMILES string of the molecule is CCN(CC)S(=O)(=O)c1ccc(N2CCCC2)c(C(=O)OCC(=O)N(CC(C)C)CC(C)C)c1. The van der Waals surface area contributed by atoms with E-state index in [1.165, 1.54) is 10.4 Å². The van der Waals surface area contributed by atoms with E-state index >= 15 is 0 Å². The molecule has 0 unspecified atom stereocenters. The number of rotatable bonds is 12. The van der Waals surface area contributed by atoms with Crippen LogP contribution in [0.1, 0.15) is 64.7 Å². The molecule has 1 aromatic carbocycles. The first-order chi connectivity index (χ1) is 16.0. The van der Waals surface area contributed by atoms with Gasteiger partial charge in [-0.25, -0.2) is 13.2 Å². The van der Waals surface area contributed by atoms with Crippen LogP contribution in [0.15, 0.2) is 23.1 Å². The first-order valence-electron chi connectivity index (χ1n) is 12.3. The molecule has 1 heterocycles. The molecule has 2 rings (SSSR count). The Balaban J connectivity index is 2.31. The molecule has 1 saturated heterocycles. The molecule has 1 aliphatic rings. The highest BCUT2D eigenvalue weighted by Crippen LogP contribution is 2.29. The number of benzene rings is 1. The van der Waals surface area contributed by atoms with E-state index in [4.69, 9.17) is 4.74 Å². The first-order valence-corrected chi connectivity index (χ1v) is 13.8. The Hall–Kier alpha value is -2.13. The van der Waals surface area contributed by atoms with Crippen molar-refractivity contribution in [3.8, 4) is 0 Å². The molecule has 34 heavy (non-hydrogen) atoms. The molecule has 0 N–H and O–H groups in total. The Morgan fingerprint density at radius 2 is 1.56 bits per heavy atom. The van der Waals surface area contributed by atoms with Crippen LogP contribution in [-0.2, 0) is 19.6 Å². The average molecular weight is 496 g/mol. The zero-order chi connectivity index (χ0) is 25.5. The Morgan fingerprint density at radius 3 is 2.06 bits per heavy atom. The predicted molar refractivity (Wildman–Crippen MR) is 135 cm³/mol. The molecule has 1 amide bonds. The Morgan fingerprint density at radius 1 is 1.00 bits per heavy atom. The molecule has 1 fully saturated rings. The van der Waals surface area contributed by atoms with Crippen LogP contribution in [0, 0.1) is 11.8 Å². The average Bonchev–Trinajstić information content (AvgIpc) is 3.31. The van der Waals surface area contributed by atoms with Gasteiger partial charge in [0.15, 0.2) is 6.61 Å². The number of anilines is 1. The molecule has 8 nitrogen and oxygen atoms in total.